The van der Waals surface area contributed by atoms with E-state index in [0.717, 1.165) is 11.8 Å². The highest BCUT2D eigenvalue weighted by Crippen LogP contribution is 2.33. The summed E-state index contributed by atoms with van der Waals surface area (Å²) in [5.41, 5.74) is 1.93. The minimum Gasteiger partial charge on any atom is -0.493 e. The monoisotopic (exact) mass is 267 g/mol. The molecule has 0 amide bonds. The topological polar surface area (TPSA) is 59.3 Å². The molecule has 0 heterocycles. The number of hydrogen-bond donors (Lipinski definition) is 0. The van der Waals surface area contributed by atoms with Crippen LogP contribution in [0.3, 0.4) is 0 Å². The Balaban J connectivity index is 2.40. The summed E-state index contributed by atoms with van der Waals surface area (Å²) < 4.78 is 10.9. The summed E-state index contributed by atoms with van der Waals surface area (Å²) in [4.78, 5) is 11.1. The number of carbonyl (C=O) groups excluding carboxylic acids is 1. The number of hydrogen-bond acceptors (Lipinski definition) is 4. The molecule has 20 heavy (non-hydrogen) atoms. The molecule has 2 aromatic carbocycles. The molecule has 0 N–H and O–H groups in total. The molecule has 0 fully saturated rings. The van der Waals surface area contributed by atoms with Gasteiger partial charge in [0.15, 0.2) is 17.8 Å². The van der Waals surface area contributed by atoms with Crippen LogP contribution >= 0.6 is 0 Å². The molecular weight excluding hydrogens is 254 g/mol. The van der Waals surface area contributed by atoms with Gasteiger partial charge in [0.05, 0.1) is 24.3 Å². The van der Waals surface area contributed by atoms with E-state index in [1.165, 1.54) is 7.11 Å². The Hall–Kier alpha value is -2.80. The molecule has 0 aliphatic carbocycles. The molecule has 0 aromatic heterocycles. The maximum Gasteiger partial charge on any atom is 0.169 e. The number of aldehydes is 1. The lowest BCUT2D eigenvalue weighted by atomic mass is 10.1. The average Bonchev–Trinajstić information content (AvgIpc) is 2.49. The lowest BCUT2D eigenvalue weighted by Gasteiger charge is -2.12. The highest BCUT2D eigenvalue weighted by Gasteiger charge is 2.10. The Labute approximate surface area is 117 Å². The molecule has 0 radical (unpaired) electrons. The summed E-state index contributed by atoms with van der Waals surface area (Å²) in [6.07, 6.45) is 0.748. The first-order chi connectivity index (χ1) is 9.67. The zero-order valence-corrected chi connectivity index (χ0v) is 11.2. The molecular formula is C16H13NO3. The predicted octanol–water partition coefficient (Wildman–Crippen LogP) is 3.48. The number of nitrogens with zero attached hydrogens (tertiary/aromatic N) is 1. The Kier molecular flexibility index (Phi) is 4.02. The van der Waals surface area contributed by atoms with Gasteiger partial charge in [-0.15, -0.1) is 0 Å². The van der Waals surface area contributed by atoms with Gasteiger partial charge in [0.25, 0.3) is 0 Å². The maximum atomic E-state index is 11.1. The summed E-state index contributed by atoms with van der Waals surface area (Å²) in [6.45, 7) is 1.90. The molecule has 0 saturated heterocycles. The van der Waals surface area contributed by atoms with Crippen LogP contribution in [0.5, 0.6) is 17.2 Å². The van der Waals surface area contributed by atoms with E-state index in [1.54, 1.807) is 30.3 Å². The second-order valence-electron chi connectivity index (χ2n) is 4.24. The van der Waals surface area contributed by atoms with E-state index >= 15 is 0 Å². The number of benzene rings is 2. The van der Waals surface area contributed by atoms with Gasteiger partial charge in [0.2, 0.25) is 0 Å². The normalized spacial score (nSPS) is 9.65. The van der Waals surface area contributed by atoms with Crippen molar-refractivity contribution in [1.29, 1.82) is 5.26 Å². The van der Waals surface area contributed by atoms with Crippen LogP contribution in [-0.4, -0.2) is 13.4 Å². The fraction of sp³-hybridized carbons (Fsp3) is 0.125. The van der Waals surface area contributed by atoms with Crippen molar-refractivity contribution in [2.75, 3.05) is 7.11 Å². The van der Waals surface area contributed by atoms with Crippen molar-refractivity contribution in [1.82, 2.24) is 0 Å². The van der Waals surface area contributed by atoms with Gasteiger partial charge >= 0.3 is 0 Å². The number of aryl methyl sites for hydroxylation is 1. The zero-order chi connectivity index (χ0) is 14.5. The molecule has 0 aliphatic rings. The predicted molar refractivity (Wildman–Crippen MR) is 74.3 cm³/mol. The van der Waals surface area contributed by atoms with Crippen LogP contribution in [0.4, 0.5) is 0 Å². The fourth-order valence-corrected chi connectivity index (χ4v) is 1.79. The lowest BCUT2D eigenvalue weighted by Crippen LogP contribution is -1.94. The van der Waals surface area contributed by atoms with Crippen LogP contribution in [-0.2, 0) is 0 Å². The standard InChI is InChI=1S/C16H13NO3/c1-11-3-5-14(13(7-11)10-18)20-15-6-4-12(9-17)8-16(15)19-2/h3-8,10H,1-2H3. The molecule has 100 valence electrons. The minimum absolute atomic E-state index is 0.446. The first-order valence-corrected chi connectivity index (χ1v) is 5.99. The van der Waals surface area contributed by atoms with Gasteiger partial charge in [0, 0.05) is 6.07 Å². The first-order valence-electron chi connectivity index (χ1n) is 5.99. The van der Waals surface area contributed by atoms with Crippen molar-refractivity contribution < 1.29 is 14.3 Å². The van der Waals surface area contributed by atoms with E-state index in [4.69, 9.17) is 14.7 Å². The quantitative estimate of drug-likeness (QED) is 0.796. The number of rotatable bonds is 4. The Morgan fingerprint density at radius 2 is 1.85 bits per heavy atom. The minimum atomic E-state index is 0.446. The zero-order valence-electron chi connectivity index (χ0n) is 11.2. The van der Waals surface area contributed by atoms with Crippen molar-refractivity contribution in [3.05, 3.63) is 53.1 Å². The van der Waals surface area contributed by atoms with Crippen molar-refractivity contribution >= 4 is 6.29 Å². The first kappa shape index (κ1) is 13.6. The molecule has 0 saturated carbocycles. The molecule has 2 rings (SSSR count). The van der Waals surface area contributed by atoms with Crippen LogP contribution in [0.25, 0.3) is 0 Å². The Morgan fingerprint density at radius 1 is 1.10 bits per heavy atom. The summed E-state index contributed by atoms with van der Waals surface area (Å²) in [5.74, 6) is 1.36. The van der Waals surface area contributed by atoms with Crippen molar-refractivity contribution in [3.8, 4) is 23.3 Å². The van der Waals surface area contributed by atoms with Crippen LogP contribution in [0.1, 0.15) is 21.5 Å². The largest absolute Gasteiger partial charge is 0.493 e. The summed E-state index contributed by atoms with van der Waals surface area (Å²) in [6, 6.07) is 12.2. The lowest BCUT2D eigenvalue weighted by molar-refractivity contribution is 0.112. The van der Waals surface area contributed by atoms with Crippen LogP contribution in [0, 0.1) is 18.3 Å². The molecule has 0 spiro atoms. The molecule has 0 bridgehead atoms. The third kappa shape index (κ3) is 2.78. The highest BCUT2D eigenvalue weighted by atomic mass is 16.5. The number of methoxy groups -OCH3 is 1. The second kappa shape index (κ2) is 5.89. The highest BCUT2D eigenvalue weighted by molar-refractivity contribution is 5.80. The smallest absolute Gasteiger partial charge is 0.169 e. The van der Waals surface area contributed by atoms with Crippen molar-refractivity contribution in [2.24, 2.45) is 0 Å². The van der Waals surface area contributed by atoms with Crippen molar-refractivity contribution in [3.63, 3.8) is 0 Å². The van der Waals surface area contributed by atoms with E-state index in [2.05, 4.69) is 0 Å². The van der Waals surface area contributed by atoms with Gasteiger partial charge in [0.1, 0.15) is 5.75 Å². The van der Waals surface area contributed by atoms with Gasteiger partial charge in [-0.25, -0.2) is 0 Å². The third-order valence-electron chi connectivity index (χ3n) is 2.80. The SMILES string of the molecule is COc1cc(C#N)ccc1Oc1ccc(C)cc1C=O. The van der Waals surface area contributed by atoms with E-state index in [-0.39, 0.29) is 0 Å². The van der Waals surface area contributed by atoms with Gasteiger partial charge in [-0.05, 0) is 31.2 Å². The van der Waals surface area contributed by atoms with Crippen LogP contribution < -0.4 is 9.47 Å². The van der Waals surface area contributed by atoms with E-state index in [0.29, 0.717) is 28.4 Å². The third-order valence-corrected chi connectivity index (χ3v) is 2.80. The number of ether oxygens (including phenoxy) is 2. The summed E-state index contributed by atoms with van der Waals surface area (Å²) in [5, 5.41) is 8.86. The van der Waals surface area contributed by atoms with E-state index in [9.17, 15) is 4.79 Å². The average molecular weight is 267 g/mol. The van der Waals surface area contributed by atoms with Gasteiger partial charge < -0.3 is 9.47 Å². The second-order valence-corrected chi connectivity index (χ2v) is 4.24. The van der Waals surface area contributed by atoms with Crippen LogP contribution in [0.15, 0.2) is 36.4 Å². The molecule has 4 heteroatoms. The molecule has 2 aromatic rings. The van der Waals surface area contributed by atoms with Gasteiger partial charge in [-0.2, -0.15) is 5.26 Å². The Morgan fingerprint density at radius 3 is 2.50 bits per heavy atom. The van der Waals surface area contributed by atoms with Gasteiger partial charge in [-0.3, -0.25) is 4.79 Å². The van der Waals surface area contributed by atoms with Crippen LogP contribution in [0.2, 0.25) is 0 Å². The summed E-state index contributed by atoms with van der Waals surface area (Å²) >= 11 is 0. The number of nitriles is 1. The summed E-state index contributed by atoms with van der Waals surface area (Å²) in [7, 11) is 1.50. The maximum absolute atomic E-state index is 11.1. The molecule has 0 atom stereocenters. The van der Waals surface area contributed by atoms with Gasteiger partial charge in [-0.1, -0.05) is 11.6 Å². The van der Waals surface area contributed by atoms with E-state index < -0.39 is 0 Å². The number of carbonyl (C=O) groups is 1. The fourth-order valence-electron chi connectivity index (χ4n) is 1.79. The molecule has 0 aliphatic heterocycles. The molecule has 0 unspecified atom stereocenters. The molecule has 4 nitrogen and oxygen atoms in total. The Bertz CT molecular complexity index is 687. The van der Waals surface area contributed by atoms with E-state index in [1.807, 2.05) is 19.1 Å². The van der Waals surface area contributed by atoms with Crippen molar-refractivity contribution in [2.45, 2.75) is 6.92 Å².